The summed E-state index contributed by atoms with van der Waals surface area (Å²) in [4.78, 5) is 75.2. The third-order valence-electron chi connectivity index (χ3n) is 16.7. The number of anilines is 2. The van der Waals surface area contributed by atoms with Gasteiger partial charge in [-0.1, -0.05) is 19.1 Å². The summed E-state index contributed by atoms with van der Waals surface area (Å²) in [6.45, 7) is 4.90. The number of H-pyrrole nitrogens is 2. The SMILES string of the molecule is CCC(NC(=O)OC)C(=O)N1CCC[C@H]1c1nc2c([nH]1)C=C(F)C([C@H]1CC[C@H](c3cc4nc([C@@H]5CCCN5C(=O)[C@@H](NC(=O)OC)[C@@H](C)OC)[nH]c4cc3F)N1c1cc(F)c(N3CCC(c4ccc(F)cc4)CC3)c(F)c1)C2. The number of likely N-dealkylation sites (tertiary alicyclic amines) is 2. The predicted molar refractivity (Wildman–Crippen MR) is 279 cm³/mol. The molecule has 0 radical (unpaired) electrons. The fourth-order valence-corrected chi connectivity index (χ4v) is 12.6. The number of halogens is 5. The summed E-state index contributed by atoms with van der Waals surface area (Å²) < 4.78 is 96.4. The van der Waals surface area contributed by atoms with Crippen molar-refractivity contribution in [3.05, 3.63) is 112 Å². The number of ether oxygens (including phenoxy) is 3. The van der Waals surface area contributed by atoms with Crippen LogP contribution >= 0.6 is 0 Å². The second-order valence-corrected chi connectivity index (χ2v) is 21.0. The second kappa shape index (κ2) is 22.6. The summed E-state index contributed by atoms with van der Waals surface area (Å²) in [5.41, 5.74) is 2.71. The van der Waals surface area contributed by atoms with E-state index >= 15 is 17.6 Å². The summed E-state index contributed by atoms with van der Waals surface area (Å²) in [6.07, 6.45) is 3.67. The van der Waals surface area contributed by atoms with Crippen molar-refractivity contribution in [3.63, 3.8) is 0 Å². The number of nitrogens with zero attached hydrogens (tertiary/aromatic N) is 6. The number of carbonyl (C=O) groups excluding carboxylic acids is 4. The molecule has 17 nitrogen and oxygen atoms in total. The number of hydrogen-bond donors (Lipinski definition) is 4. The molecule has 5 aromatic rings. The molecule has 416 valence electrons. The van der Waals surface area contributed by atoms with E-state index in [1.165, 1.54) is 57.7 Å². The molecule has 4 amide bonds. The summed E-state index contributed by atoms with van der Waals surface area (Å²) >= 11 is 0. The molecule has 2 unspecified atom stereocenters. The largest absolute Gasteiger partial charge is 0.453 e. The van der Waals surface area contributed by atoms with E-state index in [-0.39, 0.29) is 47.4 Å². The van der Waals surface area contributed by atoms with Gasteiger partial charge in [0, 0.05) is 62.9 Å². The van der Waals surface area contributed by atoms with Crippen molar-refractivity contribution < 1.29 is 55.3 Å². The highest BCUT2D eigenvalue weighted by Gasteiger charge is 2.46. The zero-order valence-corrected chi connectivity index (χ0v) is 44.2. The van der Waals surface area contributed by atoms with Crippen LogP contribution in [0.4, 0.5) is 42.9 Å². The molecule has 3 aromatic carbocycles. The van der Waals surface area contributed by atoms with Gasteiger partial charge in [-0.25, -0.2) is 41.5 Å². The van der Waals surface area contributed by atoms with E-state index in [0.29, 0.717) is 112 Å². The van der Waals surface area contributed by atoms with Crippen molar-refractivity contribution in [2.75, 3.05) is 57.3 Å². The minimum atomic E-state index is -1.07. The van der Waals surface area contributed by atoms with Gasteiger partial charge in [0.25, 0.3) is 0 Å². The Kier molecular flexibility index (Phi) is 15.7. The standard InChI is InChI=1S/C56H65F5N10O7/c1-6-40(66-55(74)77-4)53(72)69-19-7-9-47(69)51-62-41-25-34(36(58)27-43(41)64-51)45-15-16-46(71(45)33-23-38(60)50(39(61)24-33)68-21-17-31(18-22-68)30-11-13-32(57)14-12-30)35-26-42-44(28-37(35)59)65-52(63-42)48-10-8-20-70(48)54(73)49(29(2)76-3)67-56(75)78-5/h11-14,23-24,26-29,31,34,40,45-49H,6-10,15-22,25H2,1-5H3,(H,62,64)(H,63,65)(H,66,74)(H,67,75)/t29-,34?,40?,45-,46-,47+,48+,49+/m1/s1. The molecule has 0 saturated carbocycles. The van der Waals surface area contributed by atoms with Crippen molar-refractivity contribution in [2.45, 2.75) is 126 Å². The Morgan fingerprint density at radius 2 is 1.37 bits per heavy atom. The van der Waals surface area contributed by atoms with Gasteiger partial charge in [0.15, 0.2) is 11.6 Å². The number of alkyl carbamates (subject to hydrolysis) is 2. The lowest BCUT2D eigenvalue weighted by molar-refractivity contribution is -0.137. The fraction of sp³-hybridized carbons (Fsp3) is 0.500. The van der Waals surface area contributed by atoms with Crippen LogP contribution in [0.25, 0.3) is 17.1 Å². The molecule has 4 saturated heterocycles. The number of carbonyl (C=O) groups is 4. The van der Waals surface area contributed by atoms with E-state index in [4.69, 9.17) is 24.2 Å². The van der Waals surface area contributed by atoms with Crippen LogP contribution in [-0.2, 0) is 30.2 Å². The quantitative estimate of drug-likeness (QED) is 0.0776. The highest BCUT2D eigenvalue weighted by atomic mass is 19.1. The fourth-order valence-electron chi connectivity index (χ4n) is 12.6. The van der Waals surface area contributed by atoms with Crippen molar-refractivity contribution in [2.24, 2.45) is 5.92 Å². The Hall–Kier alpha value is -7.23. The minimum absolute atomic E-state index is 0.0796. The molecule has 4 aliphatic heterocycles. The lowest BCUT2D eigenvalue weighted by Gasteiger charge is -2.38. The number of methoxy groups -OCH3 is 3. The maximum Gasteiger partial charge on any atom is 0.407 e. The highest BCUT2D eigenvalue weighted by molar-refractivity contribution is 5.87. The summed E-state index contributed by atoms with van der Waals surface area (Å²) in [5.74, 6) is -3.80. The molecular weight excluding hydrogens is 1020 g/mol. The van der Waals surface area contributed by atoms with Crippen LogP contribution in [0.3, 0.4) is 0 Å². The number of aromatic nitrogens is 4. The third kappa shape index (κ3) is 10.5. The number of nitrogens with one attached hydrogen (secondary N) is 4. The number of hydrogen-bond acceptors (Lipinski definition) is 11. The van der Waals surface area contributed by atoms with Gasteiger partial charge in [-0.05, 0) is 119 Å². The first-order chi connectivity index (χ1) is 37.6. The van der Waals surface area contributed by atoms with E-state index in [1.807, 2.05) is 0 Å². The Morgan fingerprint density at radius 3 is 2.01 bits per heavy atom. The second-order valence-electron chi connectivity index (χ2n) is 21.0. The van der Waals surface area contributed by atoms with Crippen LogP contribution in [-0.4, -0.2) is 125 Å². The van der Waals surface area contributed by atoms with Crippen molar-refractivity contribution >= 4 is 52.5 Å². The van der Waals surface area contributed by atoms with E-state index in [1.54, 1.807) is 51.6 Å². The number of imidazole rings is 2. The Bertz CT molecular complexity index is 3070. The Morgan fingerprint density at radius 1 is 0.731 bits per heavy atom. The van der Waals surface area contributed by atoms with Crippen LogP contribution in [0.1, 0.15) is 130 Å². The molecule has 1 aliphatic carbocycles. The molecule has 10 rings (SSSR count). The van der Waals surface area contributed by atoms with Gasteiger partial charge in [-0.3, -0.25) is 9.59 Å². The van der Waals surface area contributed by atoms with Gasteiger partial charge >= 0.3 is 12.2 Å². The van der Waals surface area contributed by atoms with Crippen LogP contribution in [0.15, 0.2) is 54.4 Å². The zero-order valence-electron chi connectivity index (χ0n) is 44.2. The normalized spacial score (nSPS) is 22.8. The molecule has 4 fully saturated rings. The van der Waals surface area contributed by atoms with Crippen molar-refractivity contribution in [3.8, 4) is 0 Å². The molecule has 4 N–H and O–H groups in total. The van der Waals surface area contributed by atoms with Crippen LogP contribution in [0.2, 0.25) is 0 Å². The Balaban J connectivity index is 0.964. The molecule has 0 bridgehead atoms. The molecule has 0 spiro atoms. The summed E-state index contributed by atoms with van der Waals surface area (Å²) in [7, 11) is 3.85. The number of rotatable bonds is 14. The molecule has 6 heterocycles. The number of fused-ring (bicyclic) bond motifs is 2. The first-order valence-electron chi connectivity index (χ1n) is 26.8. The molecule has 5 aliphatic rings. The summed E-state index contributed by atoms with van der Waals surface area (Å²) in [6, 6.07) is 7.12. The van der Waals surface area contributed by atoms with Gasteiger partial charge < -0.3 is 54.4 Å². The first-order valence-corrected chi connectivity index (χ1v) is 26.8. The lowest BCUT2D eigenvalue weighted by atomic mass is 9.87. The lowest BCUT2D eigenvalue weighted by Crippen LogP contribution is -2.54. The number of benzene rings is 3. The van der Waals surface area contributed by atoms with Gasteiger partial charge in [0.05, 0.1) is 60.9 Å². The smallest absolute Gasteiger partial charge is 0.407 e. The summed E-state index contributed by atoms with van der Waals surface area (Å²) in [5, 5.41) is 5.18. The van der Waals surface area contributed by atoms with Crippen LogP contribution in [0, 0.1) is 29.2 Å². The maximum atomic E-state index is 17.0. The number of piperidine rings is 1. The monoisotopic (exact) mass is 1080 g/mol. The molecular formula is C56H65F5N10O7. The number of amides is 4. The third-order valence-corrected chi connectivity index (χ3v) is 16.7. The molecule has 78 heavy (non-hydrogen) atoms. The number of aromatic amines is 2. The van der Waals surface area contributed by atoms with Gasteiger partial charge in [0.1, 0.15) is 46.9 Å². The van der Waals surface area contributed by atoms with Crippen LogP contribution in [0.5, 0.6) is 0 Å². The Labute approximate surface area is 448 Å². The maximum absolute atomic E-state index is 17.0. The van der Waals surface area contributed by atoms with Crippen molar-refractivity contribution in [1.82, 2.24) is 40.4 Å². The van der Waals surface area contributed by atoms with E-state index in [9.17, 15) is 23.6 Å². The van der Waals surface area contributed by atoms with Gasteiger partial charge in [-0.15, -0.1) is 0 Å². The van der Waals surface area contributed by atoms with Gasteiger partial charge in [0.2, 0.25) is 11.8 Å². The van der Waals surface area contributed by atoms with Crippen LogP contribution < -0.4 is 20.4 Å². The predicted octanol–water partition coefficient (Wildman–Crippen LogP) is 9.34. The molecule has 8 atom stereocenters. The molecule has 2 aromatic heterocycles. The minimum Gasteiger partial charge on any atom is -0.453 e. The zero-order chi connectivity index (χ0) is 55.1. The van der Waals surface area contributed by atoms with Gasteiger partial charge in [-0.2, -0.15) is 0 Å². The van der Waals surface area contributed by atoms with Crippen molar-refractivity contribution in [1.29, 1.82) is 0 Å². The molecule has 22 heteroatoms. The van der Waals surface area contributed by atoms with E-state index < -0.39 is 89.6 Å². The van der Waals surface area contributed by atoms with E-state index in [0.717, 1.165) is 5.56 Å². The highest BCUT2D eigenvalue weighted by Crippen LogP contribution is 2.49. The van der Waals surface area contributed by atoms with E-state index in [2.05, 4.69) is 20.6 Å². The first kappa shape index (κ1) is 54.1. The topological polar surface area (TPSA) is 190 Å². The average molecular weight is 1090 g/mol. The average Bonchev–Trinajstić information content (AvgIpc) is 4.44.